The summed E-state index contributed by atoms with van der Waals surface area (Å²) in [6, 6.07) is 7.38. The van der Waals surface area contributed by atoms with Crippen molar-refractivity contribution in [2.24, 2.45) is 5.10 Å². The third-order valence-electron chi connectivity index (χ3n) is 3.57. The molecule has 108 valence electrons. The molecule has 1 saturated heterocycles. The molecule has 0 aliphatic carbocycles. The number of amides is 1. The SMILES string of the molecule is CCC[NH+]1CCC(=NNC(=O)c2ccccc2Br)CC1. The highest BCUT2D eigenvalue weighted by molar-refractivity contribution is 9.10. The average Bonchev–Trinajstić information content (AvgIpc) is 2.47. The zero-order valence-corrected chi connectivity index (χ0v) is 13.4. The van der Waals surface area contributed by atoms with E-state index in [-0.39, 0.29) is 5.91 Å². The summed E-state index contributed by atoms with van der Waals surface area (Å²) in [5.41, 5.74) is 4.38. The van der Waals surface area contributed by atoms with E-state index in [0.29, 0.717) is 5.56 Å². The van der Waals surface area contributed by atoms with Crippen molar-refractivity contribution in [2.45, 2.75) is 26.2 Å². The molecule has 1 aromatic carbocycles. The third kappa shape index (κ3) is 4.15. The first-order valence-electron chi connectivity index (χ1n) is 7.14. The van der Waals surface area contributed by atoms with Crippen LogP contribution in [0.3, 0.4) is 0 Å². The number of nitrogens with one attached hydrogen (secondary N) is 2. The van der Waals surface area contributed by atoms with Crippen LogP contribution in [-0.4, -0.2) is 31.3 Å². The Morgan fingerprint density at radius 1 is 1.35 bits per heavy atom. The minimum absolute atomic E-state index is 0.159. The number of hydrazone groups is 1. The molecule has 2 rings (SSSR count). The fourth-order valence-electron chi connectivity index (χ4n) is 2.44. The largest absolute Gasteiger partial charge is 0.334 e. The lowest BCUT2D eigenvalue weighted by atomic mass is 10.1. The zero-order chi connectivity index (χ0) is 14.4. The summed E-state index contributed by atoms with van der Waals surface area (Å²) in [6.07, 6.45) is 3.18. The van der Waals surface area contributed by atoms with Gasteiger partial charge in [0.1, 0.15) is 0 Å². The molecule has 1 fully saturated rings. The lowest BCUT2D eigenvalue weighted by Crippen LogP contribution is -3.13. The topological polar surface area (TPSA) is 45.9 Å². The van der Waals surface area contributed by atoms with E-state index in [4.69, 9.17) is 0 Å². The smallest absolute Gasteiger partial charge is 0.272 e. The molecule has 0 unspecified atom stereocenters. The van der Waals surface area contributed by atoms with E-state index in [9.17, 15) is 4.79 Å². The van der Waals surface area contributed by atoms with Gasteiger partial charge in [-0.15, -0.1) is 0 Å². The molecule has 0 aromatic heterocycles. The van der Waals surface area contributed by atoms with Gasteiger partial charge in [-0.25, -0.2) is 5.43 Å². The van der Waals surface area contributed by atoms with Gasteiger partial charge in [0.2, 0.25) is 0 Å². The Bertz CT molecular complexity index is 492. The Balaban J connectivity index is 1.88. The molecule has 1 heterocycles. The molecule has 1 aliphatic rings. The summed E-state index contributed by atoms with van der Waals surface area (Å²) in [6.45, 7) is 5.69. The standard InChI is InChI=1S/C15H20BrN3O/c1-2-9-19-10-7-12(8-11-19)17-18-15(20)13-5-3-4-6-14(13)16/h3-6H,2,7-11H2,1H3,(H,18,20)/p+1. The number of rotatable bonds is 4. The molecule has 0 radical (unpaired) electrons. The first kappa shape index (κ1) is 15.2. The number of benzene rings is 1. The molecule has 1 aromatic rings. The van der Waals surface area contributed by atoms with Crippen LogP contribution < -0.4 is 10.3 Å². The first-order valence-corrected chi connectivity index (χ1v) is 7.94. The van der Waals surface area contributed by atoms with Crippen LogP contribution in [0, 0.1) is 0 Å². The van der Waals surface area contributed by atoms with Gasteiger partial charge in [0.05, 0.1) is 25.2 Å². The van der Waals surface area contributed by atoms with Gasteiger partial charge in [-0.05, 0) is 34.5 Å². The molecular weight excluding hydrogens is 318 g/mol. The van der Waals surface area contributed by atoms with Crippen LogP contribution in [0.5, 0.6) is 0 Å². The van der Waals surface area contributed by atoms with E-state index >= 15 is 0 Å². The van der Waals surface area contributed by atoms with Gasteiger partial charge in [-0.3, -0.25) is 4.79 Å². The van der Waals surface area contributed by atoms with Gasteiger partial charge in [-0.1, -0.05) is 19.1 Å². The number of hydrogen-bond donors (Lipinski definition) is 2. The lowest BCUT2D eigenvalue weighted by Gasteiger charge is -2.24. The van der Waals surface area contributed by atoms with Crippen molar-refractivity contribution < 1.29 is 9.69 Å². The number of hydrogen-bond acceptors (Lipinski definition) is 2. The van der Waals surface area contributed by atoms with Gasteiger partial charge < -0.3 is 4.90 Å². The predicted octanol–water partition coefficient (Wildman–Crippen LogP) is 1.62. The van der Waals surface area contributed by atoms with E-state index in [1.54, 1.807) is 11.0 Å². The Kier molecular flexibility index (Phi) is 5.73. The van der Waals surface area contributed by atoms with Gasteiger partial charge in [0.15, 0.2) is 0 Å². The lowest BCUT2D eigenvalue weighted by molar-refractivity contribution is -0.901. The van der Waals surface area contributed by atoms with Crippen LogP contribution in [0.1, 0.15) is 36.5 Å². The monoisotopic (exact) mass is 338 g/mol. The summed E-state index contributed by atoms with van der Waals surface area (Å²) in [5.74, 6) is -0.159. The summed E-state index contributed by atoms with van der Waals surface area (Å²) in [5, 5.41) is 4.28. The fraction of sp³-hybridized carbons (Fsp3) is 0.467. The number of likely N-dealkylation sites (tertiary alicyclic amines) is 1. The molecule has 20 heavy (non-hydrogen) atoms. The number of carbonyl (C=O) groups excluding carboxylic acids is 1. The summed E-state index contributed by atoms with van der Waals surface area (Å²) in [4.78, 5) is 13.7. The van der Waals surface area contributed by atoms with Gasteiger partial charge in [0, 0.05) is 23.0 Å². The van der Waals surface area contributed by atoms with Crippen molar-refractivity contribution in [1.29, 1.82) is 0 Å². The van der Waals surface area contributed by atoms with Crippen molar-refractivity contribution in [2.75, 3.05) is 19.6 Å². The highest BCUT2D eigenvalue weighted by Gasteiger charge is 2.17. The van der Waals surface area contributed by atoms with E-state index in [1.165, 1.54) is 13.0 Å². The van der Waals surface area contributed by atoms with E-state index < -0.39 is 0 Å². The second-order valence-electron chi connectivity index (χ2n) is 5.10. The fourth-order valence-corrected chi connectivity index (χ4v) is 2.91. The molecule has 5 heteroatoms. The summed E-state index contributed by atoms with van der Waals surface area (Å²) < 4.78 is 0.792. The van der Waals surface area contributed by atoms with Crippen molar-refractivity contribution in [3.8, 4) is 0 Å². The Labute approximate surface area is 128 Å². The van der Waals surface area contributed by atoms with Crippen LogP contribution in [0.4, 0.5) is 0 Å². The second kappa shape index (κ2) is 7.55. The van der Waals surface area contributed by atoms with Crippen LogP contribution >= 0.6 is 15.9 Å². The van der Waals surface area contributed by atoms with Gasteiger partial charge in [0.25, 0.3) is 5.91 Å². The quantitative estimate of drug-likeness (QED) is 0.805. The van der Waals surface area contributed by atoms with Crippen molar-refractivity contribution in [1.82, 2.24) is 5.43 Å². The number of quaternary nitrogens is 1. The minimum Gasteiger partial charge on any atom is -0.334 e. The maximum Gasteiger partial charge on any atom is 0.272 e. The Hall–Kier alpha value is -1.20. The number of piperidine rings is 1. The molecular formula is C15H21BrN3O+. The molecule has 0 atom stereocenters. The van der Waals surface area contributed by atoms with Crippen molar-refractivity contribution >= 4 is 27.5 Å². The first-order chi connectivity index (χ1) is 9.70. The molecule has 1 amide bonds. The number of carbonyl (C=O) groups is 1. The van der Waals surface area contributed by atoms with E-state index in [1.807, 2.05) is 18.2 Å². The van der Waals surface area contributed by atoms with Crippen molar-refractivity contribution in [3.05, 3.63) is 34.3 Å². The van der Waals surface area contributed by atoms with Gasteiger partial charge >= 0.3 is 0 Å². The van der Waals surface area contributed by atoms with E-state index in [0.717, 1.165) is 36.1 Å². The van der Waals surface area contributed by atoms with Crippen LogP contribution in [0.2, 0.25) is 0 Å². The van der Waals surface area contributed by atoms with E-state index in [2.05, 4.69) is 33.4 Å². The number of nitrogens with zero attached hydrogens (tertiary/aromatic N) is 1. The number of halogens is 1. The summed E-state index contributed by atoms with van der Waals surface area (Å²) in [7, 11) is 0. The Morgan fingerprint density at radius 2 is 2.05 bits per heavy atom. The maximum absolute atomic E-state index is 12.0. The highest BCUT2D eigenvalue weighted by atomic mass is 79.9. The van der Waals surface area contributed by atoms with Crippen LogP contribution in [-0.2, 0) is 0 Å². The van der Waals surface area contributed by atoms with Gasteiger partial charge in [-0.2, -0.15) is 5.10 Å². The predicted molar refractivity (Wildman–Crippen MR) is 84.1 cm³/mol. The second-order valence-corrected chi connectivity index (χ2v) is 5.95. The van der Waals surface area contributed by atoms with Crippen LogP contribution in [0.15, 0.2) is 33.8 Å². The zero-order valence-electron chi connectivity index (χ0n) is 11.8. The molecule has 2 N–H and O–H groups in total. The third-order valence-corrected chi connectivity index (χ3v) is 4.26. The molecule has 0 spiro atoms. The van der Waals surface area contributed by atoms with Crippen molar-refractivity contribution in [3.63, 3.8) is 0 Å². The normalized spacial score (nSPS) is 18.7. The summed E-state index contributed by atoms with van der Waals surface area (Å²) >= 11 is 3.38. The van der Waals surface area contributed by atoms with Crippen LogP contribution in [0.25, 0.3) is 0 Å². The molecule has 1 aliphatic heterocycles. The average molecular weight is 339 g/mol. The molecule has 0 saturated carbocycles. The Morgan fingerprint density at radius 3 is 2.70 bits per heavy atom. The molecule has 4 nitrogen and oxygen atoms in total. The highest BCUT2D eigenvalue weighted by Crippen LogP contribution is 2.15. The minimum atomic E-state index is -0.159. The molecule has 0 bridgehead atoms. The maximum atomic E-state index is 12.0.